The lowest BCUT2D eigenvalue weighted by Crippen LogP contribution is -2.30. The minimum absolute atomic E-state index is 0.0839. The number of hydrogen-bond acceptors (Lipinski definition) is 1. The third-order valence-electron chi connectivity index (χ3n) is 3.65. The first-order chi connectivity index (χ1) is 10.9. The number of carbonyl (C=O) groups excluding carboxylic acids is 1. The summed E-state index contributed by atoms with van der Waals surface area (Å²) >= 11 is 0. The Hall–Kier alpha value is -2.36. The number of nitrogens with one attached hydrogen (secondary N) is 2. The monoisotopic (exact) mass is 314 g/mol. The van der Waals surface area contributed by atoms with E-state index in [1.165, 1.54) is 11.6 Å². The summed E-state index contributed by atoms with van der Waals surface area (Å²) in [6.45, 7) is 6.81. The normalized spacial score (nSPS) is 11.1. The quantitative estimate of drug-likeness (QED) is 0.858. The molecule has 0 saturated carbocycles. The highest BCUT2D eigenvalue weighted by Crippen LogP contribution is 2.23. The fraction of sp³-hybridized carbons (Fsp3) is 0.316. The van der Waals surface area contributed by atoms with Crippen LogP contribution in [0.15, 0.2) is 48.5 Å². The van der Waals surface area contributed by atoms with Crippen LogP contribution in [0.1, 0.15) is 31.9 Å². The maximum absolute atomic E-state index is 13.5. The molecule has 23 heavy (non-hydrogen) atoms. The molecule has 0 heterocycles. The first-order valence-corrected chi connectivity index (χ1v) is 7.75. The Bertz CT molecular complexity index is 660. The lowest BCUT2D eigenvalue weighted by Gasteiger charge is -2.19. The van der Waals surface area contributed by atoms with E-state index in [0.717, 1.165) is 5.69 Å². The number of amides is 2. The summed E-state index contributed by atoms with van der Waals surface area (Å²) in [4.78, 5) is 11.9. The zero-order valence-corrected chi connectivity index (χ0v) is 13.8. The van der Waals surface area contributed by atoms with Crippen LogP contribution in [0.2, 0.25) is 0 Å². The molecule has 0 bridgehead atoms. The molecule has 122 valence electrons. The molecule has 0 spiro atoms. The van der Waals surface area contributed by atoms with Gasteiger partial charge in [0.15, 0.2) is 0 Å². The number of anilines is 1. The van der Waals surface area contributed by atoms with Gasteiger partial charge in [-0.05, 0) is 41.2 Å². The summed E-state index contributed by atoms with van der Waals surface area (Å²) in [7, 11) is 0. The molecule has 2 aromatic carbocycles. The molecule has 0 aliphatic rings. The largest absolute Gasteiger partial charge is 0.338 e. The van der Waals surface area contributed by atoms with Gasteiger partial charge in [0.2, 0.25) is 0 Å². The van der Waals surface area contributed by atoms with Gasteiger partial charge < -0.3 is 10.6 Å². The topological polar surface area (TPSA) is 41.1 Å². The molecule has 0 aliphatic carbocycles. The summed E-state index contributed by atoms with van der Waals surface area (Å²) in [5.41, 5.74) is 2.63. The van der Waals surface area contributed by atoms with Crippen LogP contribution in [0.4, 0.5) is 14.9 Å². The number of carbonyl (C=O) groups is 1. The molecule has 0 saturated heterocycles. The van der Waals surface area contributed by atoms with Crippen molar-refractivity contribution in [2.75, 3.05) is 11.9 Å². The molecule has 0 fully saturated rings. The lowest BCUT2D eigenvalue weighted by molar-refractivity contribution is 0.252. The molecule has 0 radical (unpaired) electrons. The van der Waals surface area contributed by atoms with Gasteiger partial charge in [0.25, 0.3) is 0 Å². The van der Waals surface area contributed by atoms with E-state index in [4.69, 9.17) is 0 Å². The molecule has 0 atom stereocenters. The van der Waals surface area contributed by atoms with Crippen LogP contribution in [0, 0.1) is 5.82 Å². The van der Waals surface area contributed by atoms with Gasteiger partial charge in [-0.15, -0.1) is 0 Å². The van der Waals surface area contributed by atoms with Gasteiger partial charge in [-0.25, -0.2) is 9.18 Å². The molecular weight excluding hydrogens is 291 g/mol. The maximum atomic E-state index is 13.5. The third-order valence-corrected chi connectivity index (χ3v) is 3.65. The first-order valence-electron chi connectivity index (χ1n) is 7.75. The van der Waals surface area contributed by atoms with Gasteiger partial charge in [-0.2, -0.15) is 0 Å². The Morgan fingerprint density at radius 1 is 1.04 bits per heavy atom. The smallest absolute Gasteiger partial charge is 0.319 e. The Labute approximate surface area is 136 Å². The average molecular weight is 314 g/mol. The van der Waals surface area contributed by atoms with E-state index in [-0.39, 0.29) is 17.3 Å². The Morgan fingerprint density at radius 2 is 1.70 bits per heavy atom. The minimum atomic E-state index is -0.287. The number of urea groups is 1. The van der Waals surface area contributed by atoms with Gasteiger partial charge in [0.1, 0.15) is 5.82 Å². The molecular formula is C19H23FN2O. The minimum Gasteiger partial charge on any atom is -0.338 e. The third kappa shape index (κ3) is 5.09. The van der Waals surface area contributed by atoms with Crippen molar-refractivity contribution in [1.82, 2.24) is 5.32 Å². The summed E-state index contributed by atoms with van der Waals surface area (Å²) in [6, 6.07) is 14.1. The van der Waals surface area contributed by atoms with Gasteiger partial charge in [0, 0.05) is 12.2 Å². The summed E-state index contributed by atoms with van der Waals surface area (Å²) in [5.74, 6) is -0.243. The Balaban J connectivity index is 1.82. The molecule has 2 N–H and O–H groups in total. The molecule has 4 heteroatoms. The molecule has 0 aromatic heterocycles. The number of hydrogen-bond donors (Lipinski definition) is 2. The Kier molecular flexibility index (Phi) is 5.37. The average Bonchev–Trinajstić information content (AvgIpc) is 2.49. The van der Waals surface area contributed by atoms with Crippen LogP contribution < -0.4 is 10.6 Å². The van der Waals surface area contributed by atoms with Gasteiger partial charge in [-0.3, -0.25) is 0 Å². The fourth-order valence-electron chi connectivity index (χ4n) is 2.24. The van der Waals surface area contributed by atoms with Crippen LogP contribution in [0.5, 0.6) is 0 Å². The fourth-order valence-corrected chi connectivity index (χ4v) is 2.24. The highest BCUT2D eigenvalue weighted by molar-refractivity contribution is 5.89. The zero-order valence-electron chi connectivity index (χ0n) is 13.8. The zero-order chi connectivity index (χ0) is 16.9. The number of halogens is 1. The van der Waals surface area contributed by atoms with Crippen molar-refractivity contribution in [2.24, 2.45) is 0 Å². The van der Waals surface area contributed by atoms with E-state index in [0.29, 0.717) is 18.5 Å². The molecule has 2 amide bonds. The van der Waals surface area contributed by atoms with Crippen LogP contribution in [0.25, 0.3) is 0 Å². The molecule has 0 aliphatic heterocycles. The van der Waals surface area contributed by atoms with Crippen LogP contribution >= 0.6 is 0 Å². The summed E-state index contributed by atoms with van der Waals surface area (Å²) in [6.07, 6.45) is 0.461. The molecule has 0 unspecified atom stereocenters. The van der Waals surface area contributed by atoms with E-state index in [2.05, 4.69) is 31.4 Å². The summed E-state index contributed by atoms with van der Waals surface area (Å²) in [5, 5.41) is 5.51. The summed E-state index contributed by atoms with van der Waals surface area (Å²) < 4.78 is 13.5. The van der Waals surface area contributed by atoms with Crippen LogP contribution in [0.3, 0.4) is 0 Å². The van der Waals surface area contributed by atoms with Crippen molar-refractivity contribution in [3.8, 4) is 0 Å². The van der Waals surface area contributed by atoms with E-state index in [9.17, 15) is 9.18 Å². The second kappa shape index (κ2) is 7.27. The number of benzene rings is 2. The van der Waals surface area contributed by atoms with E-state index < -0.39 is 0 Å². The van der Waals surface area contributed by atoms with Gasteiger partial charge >= 0.3 is 6.03 Å². The predicted octanol–water partition coefficient (Wildman–Crippen LogP) is 4.49. The van der Waals surface area contributed by atoms with Crippen molar-refractivity contribution in [3.05, 3.63) is 65.5 Å². The van der Waals surface area contributed by atoms with Crippen molar-refractivity contribution in [3.63, 3.8) is 0 Å². The second-order valence-corrected chi connectivity index (χ2v) is 6.55. The van der Waals surface area contributed by atoms with Crippen molar-refractivity contribution in [2.45, 2.75) is 32.6 Å². The molecule has 2 aromatic rings. The predicted molar refractivity (Wildman–Crippen MR) is 92.3 cm³/mol. The second-order valence-electron chi connectivity index (χ2n) is 6.55. The van der Waals surface area contributed by atoms with Crippen molar-refractivity contribution in [1.29, 1.82) is 0 Å². The van der Waals surface area contributed by atoms with Gasteiger partial charge in [0.05, 0.1) is 0 Å². The van der Waals surface area contributed by atoms with Crippen molar-refractivity contribution < 1.29 is 9.18 Å². The Morgan fingerprint density at radius 3 is 2.30 bits per heavy atom. The highest BCUT2D eigenvalue weighted by Gasteiger charge is 2.13. The van der Waals surface area contributed by atoms with E-state index in [1.54, 1.807) is 18.2 Å². The van der Waals surface area contributed by atoms with Gasteiger partial charge in [-0.1, -0.05) is 51.1 Å². The SMILES string of the molecule is CC(C)(C)c1ccc(NC(=O)NCCc2ccccc2F)cc1. The molecule has 3 nitrogen and oxygen atoms in total. The number of rotatable bonds is 4. The lowest BCUT2D eigenvalue weighted by atomic mass is 9.87. The first kappa shape index (κ1) is 17.0. The standard InChI is InChI=1S/C19H23FN2O/c1-19(2,3)15-8-10-16(11-9-15)22-18(23)21-13-12-14-6-4-5-7-17(14)20/h4-11H,12-13H2,1-3H3,(H2,21,22,23). The van der Waals surface area contributed by atoms with Crippen LogP contribution in [-0.2, 0) is 11.8 Å². The van der Waals surface area contributed by atoms with Crippen molar-refractivity contribution >= 4 is 11.7 Å². The van der Waals surface area contributed by atoms with Crippen LogP contribution in [-0.4, -0.2) is 12.6 Å². The maximum Gasteiger partial charge on any atom is 0.319 e. The van der Waals surface area contributed by atoms with E-state index in [1.807, 2.05) is 24.3 Å². The molecule has 2 rings (SSSR count). The highest BCUT2D eigenvalue weighted by atomic mass is 19.1. The van der Waals surface area contributed by atoms with E-state index >= 15 is 0 Å².